The normalized spacial score (nSPS) is 16.9. The van der Waals surface area contributed by atoms with E-state index in [2.05, 4.69) is 11.4 Å². The highest BCUT2D eigenvalue weighted by atomic mass is 19.1. The summed E-state index contributed by atoms with van der Waals surface area (Å²) in [6, 6.07) is 6.89. The number of carbonyl (C=O) groups excluding carboxylic acids is 1. The van der Waals surface area contributed by atoms with Crippen LogP contribution in [0.25, 0.3) is 0 Å². The number of nitrogens with zero attached hydrogens (tertiary/aromatic N) is 1. The third kappa shape index (κ3) is 3.08. The zero-order valence-electron chi connectivity index (χ0n) is 11.6. The van der Waals surface area contributed by atoms with Crippen molar-refractivity contribution in [2.24, 2.45) is 5.92 Å². The summed E-state index contributed by atoms with van der Waals surface area (Å²) in [5.41, 5.74) is -0.395. The SMILES string of the molecule is Cc1cccc(OCC(=O)N[C@@](C)(C#N)C2CC2)c1F. The lowest BCUT2D eigenvalue weighted by Crippen LogP contribution is -2.48. The fraction of sp³-hybridized carbons (Fsp3) is 0.467. The first-order chi connectivity index (χ1) is 9.46. The molecule has 106 valence electrons. The Labute approximate surface area is 117 Å². The van der Waals surface area contributed by atoms with Crippen molar-refractivity contribution in [1.82, 2.24) is 5.32 Å². The van der Waals surface area contributed by atoms with Crippen molar-refractivity contribution in [3.05, 3.63) is 29.6 Å². The topological polar surface area (TPSA) is 62.1 Å². The molecule has 1 aromatic rings. The number of nitrogens with one attached hydrogen (secondary N) is 1. The van der Waals surface area contributed by atoms with Crippen molar-refractivity contribution < 1.29 is 13.9 Å². The standard InChI is InChI=1S/C15H17FN2O2/c1-10-4-3-5-12(14(10)16)20-8-13(19)18-15(2,9-17)11-6-7-11/h3-5,11H,6-8H2,1-2H3,(H,18,19)/t15-/m0/s1. The summed E-state index contributed by atoms with van der Waals surface area (Å²) < 4.78 is 18.9. The molecule has 1 saturated carbocycles. The molecule has 0 heterocycles. The first-order valence-corrected chi connectivity index (χ1v) is 6.56. The zero-order chi connectivity index (χ0) is 14.8. The molecular weight excluding hydrogens is 259 g/mol. The van der Waals surface area contributed by atoms with Crippen molar-refractivity contribution in [3.8, 4) is 11.8 Å². The molecule has 0 spiro atoms. The van der Waals surface area contributed by atoms with E-state index in [1.165, 1.54) is 6.07 Å². The second kappa shape index (κ2) is 5.49. The average Bonchev–Trinajstić information content (AvgIpc) is 3.25. The summed E-state index contributed by atoms with van der Waals surface area (Å²) in [7, 11) is 0. The molecule has 1 aliphatic rings. The first-order valence-electron chi connectivity index (χ1n) is 6.56. The van der Waals surface area contributed by atoms with Gasteiger partial charge in [-0.3, -0.25) is 4.79 Å². The molecule has 0 saturated heterocycles. The maximum atomic E-state index is 13.7. The van der Waals surface area contributed by atoms with Gasteiger partial charge >= 0.3 is 0 Å². The Morgan fingerprint density at radius 2 is 2.30 bits per heavy atom. The van der Waals surface area contributed by atoms with E-state index in [0.29, 0.717) is 5.56 Å². The molecule has 1 amide bonds. The van der Waals surface area contributed by atoms with Crippen LogP contribution in [0.2, 0.25) is 0 Å². The molecule has 0 aliphatic heterocycles. The predicted octanol–water partition coefficient (Wildman–Crippen LogP) is 2.32. The largest absolute Gasteiger partial charge is 0.481 e. The third-order valence-corrected chi connectivity index (χ3v) is 3.54. The first kappa shape index (κ1) is 14.3. The van der Waals surface area contributed by atoms with Gasteiger partial charge in [0.05, 0.1) is 6.07 Å². The maximum absolute atomic E-state index is 13.7. The molecule has 1 fully saturated rings. The zero-order valence-corrected chi connectivity index (χ0v) is 11.6. The average molecular weight is 276 g/mol. The molecule has 20 heavy (non-hydrogen) atoms. The van der Waals surface area contributed by atoms with Gasteiger partial charge in [0.2, 0.25) is 0 Å². The van der Waals surface area contributed by atoms with Crippen LogP contribution in [0.1, 0.15) is 25.3 Å². The van der Waals surface area contributed by atoms with E-state index in [0.717, 1.165) is 12.8 Å². The van der Waals surface area contributed by atoms with Gasteiger partial charge < -0.3 is 10.1 Å². The number of benzene rings is 1. The van der Waals surface area contributed by atoms with Crippen molar-refractivity contribution in [2.45, 2.75) is 32.2 Å². The van der Waals surface area contributed by atoms with E-state index in [9.17, 15) is 9.18 Å². The van der Waals surface area contributed by atoms with Gasteiger partial charge in [0.25, 0.3) is 5.91 Å². The lowest BCUT2D eigenvalue weighted by atomic mass is 9.98. The fourth-order valence-corrected chi connectivity index (χ4v) is 2.08. The van der Waals surface area contributed by atoms with Gasteiger partial charge in [0.15, 0.2) is 18.2 Å². The Kier molecular flexibility index (Phi) is 3.93. The molecule has 1 aliphatic carbocycles. The third-order valence-electron chi connectivity index (χ3n) is 3.54. The summed E-state index contributed by atoms with van der Waals surface area (Å²) in [5, 5.41) is 11.8. The van der Waals surface area contributed by atoms with E-state index in [4.69, 9.17) is 10.00 Å². The number of ether oxygens (including phenoxy) is 1. The minimum Gasteiger partial charge on any atom is -0.481 e. The lowest BCUT2D eigenvalue weighted by molar-refractivity contribution is -0.124. The van der Waals surface area contributed by atoms with Crippen LogP contribution in [-0.4, -0.2) is 18.1 Å². The van der Waals surface area contributed by atoms with Gasteiger partial charge in [-0.1, -0.05) is 12.1 Å². The van der Waals surface area contributed by atoms with E-state index >= 15 is 0 Å². The number of rotatable bonds is 5. The van der Waals surface area contributed by atoms with Crippen LogP contribution in [0.5, 0.6) is 5.75 Å². The molecule has 5 heteroatoms. The quantitative estimate of drug-likeness (QED) is 0.897. The monoisotopic (exact) mass is 276 g/mol. The number of carbonyl (C=O) groups is 1. The fourth-order valence-electron chi connectivity index (χ4n) is 2.08. The van der Waals surface area contributed by atoms with Crippen LogP contribution >= 0.6 is 0 Å². The number of amides is 1. The van der Waals surface area contributed by atoms with Crippen LogP contribution in [0.15, 0.2) is 18.2 Å². The minimum absolute atomic E-state index is 0.0465. The Morgan fingerprint density at radius 1 is 1.60 bits per heavy atom. The van der Waals surface area contributed by atoms with Gasteiger partial charge in [0.1, 0.15) is 5.54 Å². The van der Waals surface area contributed by atoms with Crippen molar-refractivity contribution >= 4 is 5.91 Å². The highest BCUT2D eigenvalue weighted by Gasteiger charge is 2.43. The number of aryl methyl sites for hydroxylation is 1. The summed E-state index contributed by atoms with van der Waals surface area (Å²) in [6.07, 6.45) is 1.88. The summed E-state index contributed by atoms with van der Waals surface area (Å²) in [4.78, 5) is 11.8. The van der Waals surface area contributed by atoms with Gasteiger partial charge in [-0.05, 0) is 44.2 Å². The molecule has 4 nitrogen and oxygen atoms in total. The van der Waals surface area contributed by atoms with Crippen molar-refractivity contribution in [3.63, 3.8) is 0 Å². The van der Waals surface area contributed by atoms with Gasteiger partial charge in [-0.2, -0.15) is 5.26 Å². The minimum atomic E-state index is -0.856. The Morgan fingerprint density at radius 3 is 2.90 bits per heavy atom. The maximum Gasteiger partial charge on any atom is 0.259 e. The highest BCUT2D eigenvalue weighted by Crippen LogP contribution is 2.39. The molecule has 0 bridgehead atoms. The molecule has 0 radical (unpaired) electrons. The van der Waals surface area contributed by atoms with E-state index in [1.807, 2.05) is 0 Å². The van der Waals surface area contributed by atoms with E-state index < -0.39 is 17.3 Å². The molecule has 0 unspecified atom stereocenters. The molecule has 1 aromatic carbocycles. The van der Waals surface area contributed by atoms with Gasteiger partial charge in [-0.15, -0.1) is 0 Å². The summed E-state index contributed by atoms with van der Waals surface area (Å²) >= 11 is 0. The number of halogens is 1. The van der Waals surface area contributed by atoms with Crippen molar-refractivity contribution in [2.75, 3.05) is 6.61 Å². The Hall–Kier alpha value is -2.09. The Balaban J connectivity index is 1.92. The molecule has 0 aromatic heterocycles. The molecule has 1 N–H and O–H groups in total. The number of hydrogen-bond donors (Lipinski definition) is 1. The van der Waals surface area contributed by atoms with Gasteiger partial charge in [-0.25, -0.2) is 4.39 Å². The summed E-state index contributed by atoms with van der Waals surface area (Å²) in [5.74, 6) is -0.634. The van der Waals surface area contributed by atoms with E-state index in [-0.39, 0.29) is 18.3 Å². The van der Waals surface area contributed by atoms with Crippen LogP contribution in [-0.2, 0) is 4.79 Å². The number of nitriles is 1. The molecule has 2 rings (SSSR count). The second-order valence-corrected chi connectivity index (χ2v) is 5.31. The lowest BCUT2D eigenvalue weighted by Gasteiger charge is -2.22. The Bertz CT molecular complexity index is 563. The number of hydrogen-bond acceptors (Lipinski definition) is 3. The van der Waals surface area contributed by atoms with Crippen LogP contribution in [0.4, 0.5) is 4.39 Å². The van der Waals surface area contributed by atoms with Crippen LogP contribution in [0.3, 0.4) is 0 Å². The van der Waals surface area contributed by atoms with Crippen molar-refractivity contribution in [1.29, 1.82) is 5.26 Å². The van der Waals surface area contributed by atoms with E-state index in [1.54, 1.807) is 26.0 Å². The molecule has 1 atom stereocenters. The predicted molar refractivity (Wildman–Crippen MR) is 71.5 cm³/mol. The van der Waals surface area contributed by atoms with Crippen LogP contribution < -0.4 is 10.1 Å². The molecular formula is C15H17FN2O2. The highest BCUT2D eigenvalue weighted by molar-refractivity contribution is 5.79. The smallest absolute Gasteiger partial charge is 0.259 e. The second-order valence-electron chi connectivity index (χ2n) is 5.31. The van der Waals surface area contributed by atoms with Crippen LogP contribution in [0, 0.1) is 30.0 Å². The summed E-state index contributed by atoms with van der Waals surface area (Å²) in [6.45, 7) is 3.03. The van der Waals surface area contributed by atoms with Gasteiger partial charge in [0, 0.05) is 0 Å².